The molecule has 0 saturated carbocycles. The molecule has 0 aromatic heterocycles. The Labute approximate surface area is 149 Å². The molecule has 1 fully saturated rings. The lowest BCUT2D eigenvalue weighted by molar-refractivity contribution is -0.145. The van der Waals surface area contributed by atoms with Crippen molar-refractivity contribution in [3.05, 3.63) is 28.7 Å². The summed E-state index contributed by atoms with van der Waals surface area (Å²) in [6.07, 6.45) is 1.91. The molecule has 1 aliphatic rings. The summed E-state index contributed by atoms with van der Waals surface area (Å²) in [7, 11) is 3.04. The first-order chi connectivity index (χ1) is 11.4. The van der Waals surface area contributed by atoms with Crippen LogP contribution in [0.1, 0.15) is 18.9 Å². The van der Waals surface area contributed by atoms with Gasteiger partial charge in [0, 0.05) is 5.56 Å². The van der Waals surface area contributed by atoms with Crippen molar-refractivity contribution in [1.29, 1.82) is 0 Å². The molecule has 24 heavy (non-hydrogen) atoms. The largest absolute Gasteiger partial charge is 0.493 e. The van der Waals surface area contributed by atoms with Crippen LogP contribution in [0.5, 0.6) is 11.5 Å². The highest BCUT2D eigenvalue weighted by Gasteiger charge is 2.39. The average molecular weight is 367 g/mol. The summed E-state index contributed by atoms with van der Waals surface area (Å²) in [6.45, 7) is 1.70. The Morgan fingerprint density at radius 3 is 2.67 bits per heavy atom. The van der Waals surface area contributed by atoms with Crippen molar-refractivity contribution in [3.63, 3.8) is 0 Å². The third-order valence-electron chi connectivity index (χ3n) is 3.53. The summed E-state index contributed by atoms with van der Waals surface area (Å²) in [5.74, 6) is -0.452. The monoisotopic (exact) mass is 367 g/mol. The fourth-order valence-corrected chi connectivity index (χ4v) is 3.73. The highest BCUT2D eigenvalue weighted by molar-refractivity contribution is 8.26. The number of thiocarbonyl (C=S) groups is 1. The Kier molecular flexibility index (Phi) is 5.84. The molecule has 0 bridgehead atoms. The number of thioether (sulfide) groups is 1. The van der Waals surface area contributed by atoms with Gasteiger partial charge in [-0.1, -0.05) is 43.0 Å². The number of hydrogen-bond donors (Lipinski definition) is 1. The zero-order chi connectivity index (χ0) is 17.9. The number of benzene rings is 1. The first-order valence-electron chi connectivity index (χ1n) is 7.15. The van der Waals surface area contributed by atoms with Gasteiger partial charge < -0.3 is 14.6 Å². The molecule has 1 aromatic rings. The number of hydrogen-bond acceptors (Lipinski definition) is 6. The van der Waals surface area contributed by atoms with E-state index in [-0.39, 0.29) is 10.7 Å². The number of aliphatic carboxylic acids is 1. The molecular formula is C16H17NO5S2. The zero-order valence-electron chi connectivity index (χ0n) is 13.4. The SMILES string of the molecule is CCC(C(=O)O)N1C(=O)C(=Cc2cccc(OC)c2OC)SC1=S. The van der Waals surface area contributed by atoms with E-state index >= 15 is 0 Å². The summed E-state index contributed by atoms with van der Waals surface area (Å²) in [6, 6.07) is 4.34. The number of carbonyl (C=O) groups is 2. The smallest absolute Gasteiger partial charge is 0.326 e. The maximum absolute atomic E-state index is 12.6. The summed E-state index contributed by atoms with van der Waals surface area (Å²) >= 11 is 6.27. The van der Waals surface area contributed by atoms with Gasteiger partial charge in [-0.2, -0.15) is 0 Å². The van der Waals surface area contributed by atoms with Crippen LogP contribution in [0.15, 0.2) is 23.1 Å². The van der Waals surface area contributed by atoms with Crippen LogP contribution in [0.4, 0.5) is 0 Å². The van der Waals surface area contributed by atoms with Crippen LogP contribution >= 0.6 is 24.0 Å². The normalized spacial score (nSPS) is 17.3. The van der Waals surface area contributed by atoms with Crippen LogP contribution in [0.3, 0.4) is 0 Å². The van der Waals surface area contributed by atoms with Crippen LogP contribution in [0.25, 0.3) is 6.08 Å². The van der Waals surface area contributed by atoms with Crippen molar-refractivity contribution >= 4 is 46.3 Å². The van der Waals surface area contributed by atoms with E-state index in [4.69, 9.17) is 21.7 Å². The minimum Gasteiger partial charge on any atom is -0.493 e. The Balaban J connectivity index is 2.41. The molecule has 1 heterocycles. The summed E-state index contributed by atoms with van der Waals surface area (Å²) in [5, 5.41) is 9.28. The van der Waals surface area contributed by atoms with Crippen LogP contribution < -0.4 is 9.47 Å². The minimum atomic E-state index is -1.07. The van der Waals surface area contributed by atoms with Gasteiger partial charge in [0.2, 0.25) is 0 Å². The third kappa shape index (κ3) is 3.39. The summed E-state index contributed by atoms with van der Waals surface area (Å²) in [4.78, 5) is 25.4. The third-order valence-corrected chi connectivity index (χ3v) is 4.86. The zero-order valence-corrected chi connectivity index (χ0v) is 15.1. The van der Waals surface area contributed by atoms with E-state index in [1.54, 1.807) is 31.2 Å². The number of para-hydroxylation sites is 1. The molecule has 1 amide bonds. The number of ether oxygens (including phenoxy) is 2. The van der Waals surface area contributed by atoms with Crippen LogP contribution in [0, 0.1) is 0 Å². The number of rotatable bonds is 6. The number of amides is 1. The molecule has 128 valence electrons. The first-order valence-corrected chi connectivity index (χ1v) is 8.37. The number of carboxylic acids is 1. The van der Waals surface area contributed by atoms with E-state index < -0.39 is 17.9 Å². The molecule has 1 aromatic carbocycles. The van der Waals surface area contributed by atoms with Crippen LogP contribution in [-0.4, -0.2) is 46.5 Å². The molecule has 1 atom stereocenters. The van der Waals surface area contributed by atoms with E-state index in [0.717, 1.165) is 16.7 Å². The molecule has 0 aliphatic carbocycles. The average Bonchev–Trinajstić information content (AvgIpc) is 2.82. The van der Waals surface area contributed by atoms with Gasteiger partial charge in [-0.3, -0.25) is 9.69 Å². The number of carbonyl (C=O) groups excluding carboxylic acids is 1. The van der Waals surface area contributed by atoms with Gasteiger partial charge >= 0.3 is 5.97 Å². The van der Waals surface area contributed by atoms with E-state index in [9.17, 15) is 14.7 Å². The fraction of sp³-hybridized carbons (Fsp3) is 0.312. The summed E-state index contributed by atoms with van der Waals surface area (Å²) < 4.78 is 10.8. The molecule has 2 rings (SSSR count). The number of methoxy groups -OCH3 is 2. The van der Waals surface area contributed by atoms with E-state index in [0.29, 0.717) is 22.0 Å². The van der Waals surface area contributed by atoms with Crippen molar-refractivity contribution in [2.75, 3.05) is 14.2 Å². The molecule has 1 saturated heterocycles. The van der Waals surface area contributed by atoms with Gasteiger partial charge in [-0.05, 0) is 18.6 Å². The highest BCUT2D eigenvalue weighted by atomic mass is 32.2. The number of carboxylic acid groups (broad SMARTS) is 1. The Morgan fingerprint density at radius 2 is 2.12 bits per heavy atom. The van der Waals surface area contributed by atoms with Crippen LogP contribution in [0.2, 0.25) is 0 Å². The summed E-state index contributed by atoms with van der Waals surface area (Å²) in [5.41, 5.74) is 0.653. The van der Waals surface area contributed by atoms with Gasteiger partial charge in [0.1, 0.15) is 10.4 Å². The van der Waals surface area contributed by atoms with Crippen LogP contribution in [-0.2, 0) is 9.59 Å². The topological polar surface area (TPSA) is 76.1 Å². The maximum atomic E-state index is 12.6. The molecule has 0 radical (unpaired) electrons. The molecule has 6 nitrogen and oxygen atoms in total. The first kappa shape index (κ1) is 18.3. The second-order valence-corrected chi connectivity index (χ2v) is 6.57. The Hall–Kier alpha value is -2.06. The fourth-order valence-electron chi connectivity index (χ4n) is 2.38. The molecule has 1 unspecified atom stereocenters. The van der Waals surface area contributed by atoms with Crippen molar-refractivity contribution in [3.8, 4) is 11.5 Å². The van der Waals surface area contributed by atoms with Crippen molar-refractivity contribution in [1.82, 2.24) is 4.90 Å². The lowest BCUT2D eigenvalue weighted by Gasteiger charge is -2.21. The predicted octanol–water partition coefficient (Wildman–Crippen LogP) is 2.77. The van der Waals surface area contributed by atoms with Gasteiger partial charge in [0.25, 0.3) is 5.91 Å². The lowest BCUT2D eigenvalue weighted by Crippen LogP contribution is -2.43. The molecule has 8 heteroatoms. The maximum Gasteiger partial charge on any atom is 0.326 e. The molecule has 0 spiro atoms. The quantitative estimate of drug-likeness (QED) is 0.612. The van der Waals surface area contributed by atoms with Gasteiger partial charge in [0.05, 0.1) is 19.1 Å². The predicted molar refractivity (Wildman–Crippen MR) is 96.3 cm³/mol. The van der Waals surface area contributed by atoms with E-state index in [1.807, 2.05) is 0 Å². The number of nitrogens with zero attached hydrogens (tertiary/aromatic N) is 1. The lowest BCUT2D eigenvalue weighted by atomic mass is 10.1. The highest BCUT2D eigenvalue weighted by Crippen LogP contribution is 2.38. The van der Waals surface area contributed by atoms with Crippen molar-refractivity contribution in [2.45, 2.75) is 19.4 Å². The second kappa shape index (κ2) is 7.67. The van der Waals surface area contributed by atoms with E-state index in [1.165, 1.54) is 14.2 Å². The van der Waals surface area contributed by atoms with Gasteiger partial charge in [-0.15, -0.1) is 0 Å². The minimum absolute atomic E-state index is 0.238. The molecular weight excluding hydrogens is 350 g/mol. The second-order valence-electron chi connectivity index (χ2n) is 4.90. The Morgan fingerprint density at radius 1 is 1.42 bits per heavy atom. The van der Waals surface area contributed by atoms with Gasteiger partial charge in [0.15, 0.2) is 11.5 Å². The van der Waals surface area contributed by atoms with E-state index in [2.05, 4.69) is 0 Å². The standard InChI is InChI=1S/C16H17NO5S2/c1-4-10(15(19)20)17-14(18)12(24-16(17)23)8-9-6-5-7-11(21-2)13(9)22-3/h5-8,10H,4H2,1-3H3,(H,19,20). The van der Waals surface area contributed by atoms with Crippen molar-refractivity contribution in [2.24, 2.45) is 0 Å². The van der Waals surface area contributed by atoms with Gasteiger partial charge in [-0.25, -0.2) is 4.79 Å². The van der Waals surface area contributed by atoms with Crippen molar-refractivity contribution < 1.29 is 24.2 Å². The Bertz CT molecular complexity index is 716. The molecule has 1 N–H and O–H groups in total. The molecule has 1 aliphatic heterocycles.